The lowest BCUT2D eigenvalue weighted by Crippen LogP contribution is -2.39. The van der Waals surface area contributed by atoms with Crippen molar-refractivity contribution in [2.75, 3.05) is 19.6 Å². The largest absolute Gasteiger partial charge is 0.392 e. The summed E-state index contributed by atoms with van der Waals surface area (Å²) >= 11 is 0. The summed E-state index contributed by atoms with van der Waals surface area (Å²) < 4.78 is 2.06. The molecule has 0 spiro atoms. The molecule has 1 N–H and O–H groups in total. The topological polar surface area (TPSA) is 41.3 Å². The van der Waals surface area contributed by atoms with Gasteiger partial charge in [-0.3, -0.25) is 0 Å². The van der Waals surface area contributed by atoms with Gasteiger partial charge in [0.15, 0.2) is 0 Å². The van der Waals surface area contributed by atoms with E-state index in [2.05, 4.69) is 14.5 Å². The predicted octanol–water partition coefficient (Wildman–Crippen LogP) is 0.419. The van der Waals surface area contributed by atoms with Gasteiger partial charge in [-0.15, -0.1) is 0 Å². The van der Waals surface area contributed by atoms with Gasteiger partial charge in [0.25, 0.3) is 0 Å². The molecule has 84 valence electrons. The maximum atomic E-state index is 9.53. The summed E-state index contributed by atoms with van der Waals surface area (Å²) in [4.78, 5) is 6.62. The number of aliphatic hydroxyl groups is 1. The van der Waals surface area contributed by atoms with Crippen LogP contribution in [0.25, 0.3) is 0 Å². The van der Waals surface area contributed by atoms with Crippen LogP contribution >= 0.6 is 0 Å². The molecular weight excluding hydrogens is 190 g/mol. The number of hydrogen-bond donors (Lipinski definition) is 1. The van der Waals surface area contributed by atoms with Gasteiger partial charge in [-0.2, -0.15) is 0 Å². The van der Waals surface area contributed by atoms with Gasteiger partial charge < -0.3 is 14.6 Å². The van der Waals surface area contributed by atoms with Gasteiger partial charge in [0, 0.05) is 39.0 Å². The number of aromatic nitrogens is 2. The number of rotatable bonds is 3. The van der Waals surface area contributed by atoms with Crippen molar-refractivity contribution in [2.45, 2.75) is 25.4 Å². The Morgan fingerprint density at radius 2 is 2.47 bits per heavy atom. The number of aliphatic hydroxyl groups excluding tert-OH is 1. The van der Waals surface area contributed by atoms with Gasteiger partial charge in [-0.05, 0) is 19.4 Å². The lowest BCUT2D eigenvalue weighted by atomic mass is 10.1. The van der Waals surface area contributed by atoms with Crippen LogP contribution in [0, 0.1) is 0 Å². The summed E-state index contributed by atoms with van der Waals surface area (Å²) in [5, 5.41) is 9.53. The Morgan fingerprint density at radius 1 is 1.60 bits per heavy atom. The third-order valence-corrected chi connectivity index (χ3v) is 3.05. The fraction of sp³-hybridized carbons (Fsp3) is 0.727. The molecule has 4 heteroatoms. The zero-order valence-electron chi connectivity index (χ0n) is 9.26. The smallest absolute Gasteiger partial charge is 0.109 e. The molecule has 1 saturated heterocycles. The first-order valence-corrected chi connectivity index (χ1v) is 5.62. The van der Waals surface area contributed by atoms with Crippen molar-refractivity contribution < 1.29 is 5.11 Å². The molecule has 0 bridgehead atoms. The first-order chi connectivity index (χ1) is 7.25. The van der Waals surface area contributed by atoms with Crippen LogP contribution in [0.5, 0.6) is 0 Å². The second kappa shape index (κ2) is 4.77. The van der Waals surface area contributed by atoms with Gasteiger partial charge in [0.05, 0.1) is 6.10 Å². The number of aryl methyl sites for hydroxylation is 1. The Bertz CT molecular complexity index is 311. The van der Waals surface area contributed by atoms with E-state index in [1.54, 1.807) is 0 Å². The highest BCUT2D eigenvalue weighted by atomic mass is 16.3. The predicted molar refractivity (Wildman–Crippen MR) is 58.6 cm³/mol. The van der Waals surface area contributed by atoms with Gasteiger partial charge in [-0.1, -0.05) is 0 Å². The summed E-state index contributed by atoms with van der Waals surface area (Å²) in [6.07, 6.45) is 6.72. The molecule has 4 nitrogen and oxygen atoms in total. The second-order valence-electron chi connectivity index (χ2n) is 4.30. The maximum absolute atomic E-state index is 9.53. The van der Waals surface area contributed by atoms with Crippen LogP contribution in [0.4, 0.5) is 0 Å². The third-order valence-electron chi connectivity index (χ3n) is 3.05. The Hall–Kier alpha value is -0.870. The minimum absolute atomic E-state index is 0.125. The van der Waals surface area contributed by atoms with Crippen LogP contribution < -0.4 is 0 Å². The first-order valence-electron chi connectivity index (χ1n) is 5.62. The number of piperidine rings is 1. The van der Waals surface area contributed by atoms with Gasteiger partial charge in [0.1, 0.15) is 5.82 Å². The molecule has 0 saturated carbocycles. The Kier molecular flexibility index (Phi) is 3.38. The molecule has 1 atom stereocenters. The van der Waals surface area contributed by atoms with E-state index in [4.69, 9.17) is 0 Å². The van der Waals surface area contributed by atoms with E-state index in [0.717, 1.165) is 44.7 Å². The van der Waals surface area contributed by atoms with Gasteiger partial charge in [0.2, 0.25) is 0 Å². The second-order valence-corrected chi connectivity index (χ2v) is 4.30. The summed E-state index contributed by atoms with van der Waals surface area (Å²) in [5.74, 6) is 1.12. The summed E-state index contributed by atoms with van der Waals surface area (Å²) in [7, 11) is 2.02. The molecule has 2 rings (SSSR count). The van der Waals surface area contributed by atoms with Crippen LogP contribution in [0.3, 0.4) is 0 Å². The van der Waals surface area contributed by atoms with Crippen LogP contribution in [0.1, 0.15) is 18.7 Å². The zero-order chi connectivity index (χ0) is 10.7. The average Bonchev–Trinajstić information content (AvgIpc) is 2.61. The molecule has 0 aromatic carbocycles. The van der Waals surface area contributed by atoms with Crippen molar-refractivity contribution in [1.82, 2.24) is 14.5 Å². The van der Waals surface area contributed by atoms with Gasteiger partial charge >= 0.3 is 0 Å². The first kappa shape index (κ1) is 10.6. The molecule has 0 amide bonds. The Balaban J connectivity index is 1.80. The van der Waals surface area contributed by atoms with Crippen molar-refractivity contribution in [3.8, 4) is 0 Å². The van der Waals surface area contributed by atoms with E-state index in [1.807, 2.05) is 19.4 Å². The fourth-order valence-corrected chi connectivity index (χ4v) is 2.13. The summed E-state index contributed by atoms with van der Waals surface area (Å²) in [6.45, 7) is 2.94. The minimum atomic E-state index is -0.125. The standard InChI is InChI=1S/C11H19N3O/c1-13-8-5-12-11(13)4-7-14-6-2-3-10(15)9-14/h5,8,10,15H,2-4,6-7,9H2,1H3/t10-/m0/s1. The summed E-state index contributed by atoms with van der Waals surface area (Å²) in [5.41, 5.74) is 0. The normalized spacial score (nSPS) is 23.2. The van der Waals surface area contributed by atoms with Crippen LogP contribution in [-0.2, 0) is 13.5 Å². The molecule has 0 aliphatic carbocycles. The van der Waals surface area contributed by atoms with Gasteiger partial charge in [-0.25, -0.2) is 4.98 Å². The number of likely N-dealkylation sites (tertiary alicyclic amines) is 1. The molecule has 2 heterocycles. The van der Waals surface area contributed by atoms with Crippen molar-refractivity contribution in [3.63, 3.8) is 0 Å². The zero-order valence-corrected chi connectivity index (χ0v) is 9.26. The molecule has 0 radical (unpaired) electrons. The monoisotopic (exact) mass is 209 g/mol. The molecular formula is C11H19N3O. The summed E-state index contributed by atoms with van der Waals surface area (Å²) in [6, 6.07) is 0. The lowest BCUT2D eigenvalue weighted by molar-refractivity contribution is 0.0710. The van der Waals surface area contributed by atoms with E-state index in [1.165, 1.54) is 0 Å². The van der Waals surface area contributed by atoms with E-state index in [9.17, 15) is 5.11 Å². The van der Waals surface area contributed by atoms with Crippen LogP contribution in [0.15, 0.2) is 12.4 Å². The molecule has 1 aromatic heterocycles. The van der Waals surface area contributed by atoms with Crippen LogP contribution in [0.2, 0.25) is 0 Å². The number of imidazole rings is 1. The quantitative estimate of drug-likeness (QED) is 0.784. The van der Waals surface area contributed by atoms with Crippen molar-refractivity contribution in [2.24, 2.45) is 7.05 Å². The van der Waals surface area contributed by atoms with Crippen molar-refractivity contribution in [3.05, 3.63) is 18.2 Å². The van der Waals surface area contributed by atoms with E-state index >= 15 is 0 Å². The highest BCUT2D eigenvalue weighted by Crippen LogP contribution is 2.10. The number of hydrogen-bond acceptors (Lipinski definition) is 3. The Morgan fingerprint density at radius 3 is 3.13 bits per heavy atom. The minimum Gasteiger partial charge on any atom is -0.392 e. The highest BCUT2D eigenvalue weighted by Gasteiger charge is 2.17. The van der Waals surface area contributed by atoms with Crippen molar-refractivity contribution in [1.29, 1.82) is 0 Å². The highest BCUT2D eigenvalue weighted by molar-refractivity contribution is 4.92. The third kappa shape index (κ3) is 2.79. The molecule has 15 heavy (non-hydrogen) atoms. The number of β-amino-alcohol motifs (C(OH)–C–C–N with tert-alkyl or cyclic N) is 1. The molecule has 1 aliphatic heterocycles. The van der Waals surface area contributed by atoms with E-state index < -0.39 is 0 Å². The van der Waals surface area contributed by atoms with Crippen LogP contribution in [-0.4, -0.2) is 45.3 Å². The van der Waals surface area contributed by atoms with E-state index in [-0.39, 0.29) is 6.10 Å². The molecule has 0 unspecified atom stereocenters. The SMILES string of the molecule is Cn1ccnc1CCN1CCC[C@H](O)C1. The molecule has 1 fully saturated rings. The fourth-order valence-electron chi connectivity index (χ4n) is 2.13. The average molecular weight is 209 g/mol. The molecule has 1 aliphatic rings. The van der Waals surface area contributed by atoms with Crippen molar-refractivity contribution >= 4 is 0 Å². The van der Waals surface area contributed by atoms with E-state index in [0.29, 0.717) is 0 Å². The molecule has 1 aromatic rings. The lowest BCUT2D eigenvalue weighted by Gasteiger charge is -2.29. The number of nitrogens with zero attached hydrogens (tertiary/aromatic N) is 3. The Labute approximate surface area is 90.5 Å². The maximum Gasteiger partial charge on any atom is 0.109 e.